The third kappa shape index (κ3) is 2.48. The van der Waals surface area contributed by atoms with E-state index in [-0.39, 0.29) is 0 Å². The predicted molar refractivity (Wildman–Crippen MR) is 76.4 cm³/mol. The molecule has 0 aromatic rings. The molecule has 1 aliphatic carbocycles. The molecular formula is C16H26N2O2. The topological polar surface area (TPSA) is 32.8 Å². The summed E-state index contributed by atoms with van der Waals surface area (Å²) in [6, 6.07) is 1.16. The standard InChI is InChI=1S/C16H26N2O2/c19-16-4-1-13-10-17(9-12-6-8-20-11-12)7-5-15(13)18(16)14-2-3-14/h12-15H,1-11H2. The van der Waals surface area contributed by atoms with Gasteiger partial charge >= 0.3 is 0 Å². The second-order valence-corrected chi connectivity index (χ2v) is 7.18. The molecule has 0 aromatic heterocycles. The van der Waals surface area contributed by atoms with Gasteiger partial charge in [-0.25, -0.2) is 0 Å². The Balaban J connectivity index is 1.38. The van der Waals surface area contributed by atoms with Gasteiger partial charge in [0.05, 0.1) is 6.61 Å². The minimum absolute atomic E-state index is 0.436. The highest BCUT2D eigenvalue weighted by Crippen LogP contribution is 2.39. The molecule has 3 unspecified atom stereocenters. The Kier molecular flexibility index (Phi) is 3.47. The van der Waals surface area contributed by atoms with Gasteiger partial charge in [-0.3, -0.25) is 4.79 Å². The number of hydrogen-bond acceptors (Lipinski definition) is 3. The number of carbonyl (C=O) groups is 1. The van der Waals surface area contributed by atoms with E-state index in [0.29, 0.717) is 18.0 Å². The summed E-state index contributed by atoms with van der Waals surface area (Å²) in [7, 11) is 0. The van der Waals surface area contributed by atoms with Crippen LogP contribution in [0, 0.1) is 11.8 Å². The number of nitrogens with zero attached hydrogens (tertiary/aromatic N) is 2. The first-order valence-corrected chi connectivity index (χ1v) is 8.42. The van der Waals surface area contributed by atoms with Crippen molar-refractivity contribution in [1.82, 2.24) is 9.80 Å². The third-order valence-corrected chi connectivity index (χ3v) is 5.63. The van der Waals surface area contributed by atoms with E-state index in [1.165, 1.54) is 45.3 Å². The van der Waals surface area contributed by atoms with E-state index in [4.69, 9.17) is 4.74 Å². The van der Waals surface area contributed by atoms with Crippen molar-refractivity contribution in [3.63, 3.8) is 0 Å². The molecule has 3 saturated heterocycles. The molecule has 4 nitrogen and oxygen atoms in total. The number of hydrogen-bond donors (Lipinski definition) is 0. The van der Waals surface area contributed by atoms with Gasteiger partial charge in [-0.1, -0.05) is 0 Å². The molecule has 20 heavy (non-hydrogen) atoms. The van der Waals surface area contributed by atoms with Crippen LogP contribution in [0.2, 0.25) is 0 Å². The normalized spacial score (nSPS) is 39.1. The van der Waals surface area contributed by atoms with E-state index >= 15 is 0 Å². The fourth-order valence-corrected chi connectivity index (χ4v) is 4.45. The Morgan fingerprint density at radius 1 is 1.15 bits per heavy atom. The Bertz CT molecular complexity index is 377. The Labute approximate surface area is 121 Å². The van der Waals surface area contributed by atoms with Gasteiger partial charge in [0.2, 0.25) is 5.91 Å². The molecule has 3 aliphatic heterocycles. The summed E-state index contributed by atoms with van der Waals surface area (Å²) >= 11 is 0. The summed E-state index contributed by atoms with van der Waals surface area (Å²) in [5.74, 6) is 1.91. The van der Waals surface area contributed by atoms with Crippen LogP contribution in [0.4, 0.5) is 0 Å². The van der Waals surface area contributed by atoms with Crippen LogP contribution >= 0.6 is 0 Å². The van der Waals surface area contributed by atoms with Crippen molar-refractivity contribution < 1.29 is 9.53 Å². The van der Waals surface area contributed by atoms with Crippen molar-refractivity contribution in [2.75, 3.05) is 32.8 Å². The number of rotatable bonds is 3. The summed E-state index contributed by atoms with van der Waals surface area (Å²) < 4.78 is 5.50. The van der Waals surface area contributed by atoms with E-state index < -0.39 is 0 Å². The fraction of sp³-hybridized carbons (Fsp3) is 0.938. The van der Waals surface area contributed by atoms with E-state index in [0.717, 1.165) is 37.9 Å². The monoisotopic (exact) mass is 278 g/mol. The lowest BCUT2D eigenvalue weighted by Crippen LogP contribution is -2.57. The third-order valence-electron chi connectivity index (χ3n) is 5.63. The molecule has 1 saturated carbocycles. The van der Waals surface area contributed by atoms with Gasteiger partial charge in [0.15, 0.2) is 0 Å². The van der Waals surface area contributed by atoms with Crippen molar-refractivity contribution >= 4 is 5.91 Å². The van der Waals surface area contributed by atoms with Gasteiger partial charge in [0.25, 0.3) is 0 Å². The average Bonchev–Trinajstić information content (AvgIpc) is 3.16. The predicted octanol–water partition coefficient (Wildman–Crippen LogP) is 1.50. The van der Waals surface area contributed by atoms with E-state index in [9.17, 15) is 4.79 Å². The lowest BCUT2D eigenvalue weighted by molar-refractivity contribution is -0.142. The Morgan fingerprint density at radius 2 is 2.05 bits per heavy atom. The van der Waals surface area contributed by atoms with Gasteiger partial charge in [-0.2, -0.15) is 0 Å². The van der Waals surface area contributed by atoms with Crippen molar-refractivity contribution in [3.8, 4) is 0 Å². The first kappa shape index (κ1) is 13.1. The molecule has 4 heteroatoms. The number of ether oxygens (including phenoxy) is 1. The van der Waals surface area contributed by atoms with Gasteiger partial charge in [-0.05, 0) is 43.9 Å². The molecule has 1 amide bonds. The molecule has 3 heterocycles. The Hall–Kier alpha value is -0.610. The SMILES string of the molecule is O=C1CCC2CN(CC3CCOC3)CCC2N1C1CC1. The van der Waals surface area contributed by atoms with E-state index in [1.54, 1.807) is 0 Å². The highest BCUT2D eigenvalue weighted by molar-refractivity contribution is 5.78. The minimum atomic E-state index is 0.436. The fourth-order valence-electron chi connectivity index (χ4n) is 4.45. The number of amides is 1. The van der Waals surface area contributed by atoms with E-state index in [1.807, 2.05) is 0 Å². The van der Waals surface area contributed by atoms with Crippen LogP contribution in [0.1, 0.15) is 38.5 Å². The smallest absolute Gasteiger partial charge is 0.223 e. The van der Waals surface area contributed by atoms with E-state index in [2.05, 4.69) is 9.80 Å². The summed E-state index contributed by atoms with van der Waals surface area (Å²) in [5.41, 5.74) is 0. The molecule has 4 aliphatic rings. The van der Waals surface area contributed by atoms with Gasteiger partial charge < -0.3 is 14.5 Å². The van der Waals surface area contributed by atoms with Crippen molar-refractivity contribution in [3.05, 3.63) is 0 Å². The molecule has 112 valence electrons. The van der Waals surface area contributed by atoms with Crippen LogP contribution in [0.5, 0.6) is 0 Å². The maximum atomic E-state index is 12.2. The first-order chi connectivity index (χ1) is 9.81. The lowest BCUT2D eigenvalue weighted by Gasteiger charge is -2.47. The zero-order chi connectivity index (χ0) is 13.5. The van der Waals surface area contributed by atoms with Crippen molar-refractivity contribution in [2.24, 2.45) is 11.8 Å². The second kappa shape index (κ2) is 5.30. The maximum absolute atomic E-state index is 12.2. The quantitative estimate of drug-likeness (QED) is 0.784. The average molecular weight is 278 g/mol. The van der Waals surface area contributed by atoms with Gasteiger partial charge in [0.1, 0.15) is 0 Å². The first-order valence-electron chi connectivity index (χ1n) is 8.42. The molecule has 0 radical (unpaired) electrons. The summed E-state index contributed by atoms with van der Waals surface area (Å²) in [6.07, 6.45) is 6.83. The highest BCUT2D eigenvalue weighted by atomic mass is 16.5. The van der Waals surface area contributed by atoms with Crippen LogP contribution in [0.25, 0.3) is 0 Å². The zero-order valence-corrected chi connectivity index (χ0v) is 12.3. The molecule has 4 fully saturated rings. The molecular weight excluding hydrogens is 252 g/mol. The highest BCUT2D eigenvalue weighted by Gasteiger charge is 2.45. The van der Waals surface area contributed by atoms with Crippen molar-refractivity contribution in [1.29, 1.82) is 0 Å². The molecule has 0 N–H and O–H groups in total. The number of fused-ring (bicyclic) bond motifs is 1. The molecule has 0 bridgehead atoms. The Morgan fingerprint density at radius 3 is 2.80 bits per heavy atom. The maximum Gasteiger partial charge on any atom is 0.223 e. The lowest BCUT2D eigenvalue weighted by atomic mass is 9.83. The zero-order valence-electron chi connectivity index (χ0n) is 12.3. The summed E-state index contributed by atoms with van der Waals surface area (Å²) in [5, 5.41) is 0. The second-order valence-electron chi connectivity index (χ2n) is 7.18. The molecule has 3 atom stereocenters. The minimum Gasteiger partial charge on any atom is -0.381 e. The van der Waals surface area contributed by atoms with Crippen LogP contribution in [0.15, 0.2) is 0 Å². The molecule has 4 rings (SSSR count). The molecule has 0 spiro atoms. The van der Waals surface area contributed by atoms with Crippen LogP contribution in [0.3, 0.4) is 0 Å². The van der Waals surface area contributed by atoms with Gasteiger partial charge in [-0.15, -0.1) is 0 Å². The summed E-state index contributed by atoms with van der Waals surface area (Å²) in [6.45, 7) is 5.50. The number of piperidine rings is 2. The summed E-state index contributed by atoms with van der Waals surface area (Å²) in [4.78, 5) is 17.1. The molecule has 0 aromatic carbocycles. The number of carbonyl (C=O) groups excluding carboxylic acids is 1. The largest absolute Gasteiger partial charge is 0.381 e. The van der Waals surface area contributed by atoms with Crippen LogP contribution in [-0.2, 0) is 9.53 Å². The van der Waals surface area contributed by atoms with Crippen LogP contribution in [-0.4, -0.2) is 60.6 Å². The number of likely N-dealkylation sites (tertiary alicyclic amines) is 2. The van der Waals surface area contributed by atoms with Crippen molar-refractivity contribution in [2.45, 2.75) is 50.6 Å². The van der Waals surface area contributed by atoms with Gasteiger partial charge in [0, 0.05) is 44.7 Å². The van der Waals surface area contributed by atoms with Crippen LogP contribution < -0.4 is 0 Å².